The van der Waals surface area contributed by atoms with E-state index < -0.39 is 0 Å². The molecule has 18 heavy (non-hydrogen) atoms. The largest absolute Gasteiger partial charge is 0.489 e. The molecule has 1 aromatic heterocycles. The van der Waals surface area contributed by atoms with E-state index in [4.69, 9.17) is 4.74 Å². The number of nitrogens with one attached hydrogen (secondary N) is 1. The number of pyridine rings is 1. The number of hydrogen-bond donors (Lipinski definition) is 1. The molecule has 1 heterocycles. The molecule has 0 amide bonds. The molecule has 2 rings (SSSR count). The fourth-order valence-corrected chi connectivity index (χ4v) is 2.00. The standard InChI is InChI=1S/C14H15BrN2O/c1-16-9-12-8-13(6-7-17-12)18-10-11-4-2-3-5-14(11)15/h2-8,16H,9-10H2,1H3. The lowest BCUT2D eigenvalue weighted by atomic mass is 10.2. The zero-order valence-corrected chi connectivity index (χ0v) is 11.8. The first-order chi connectivity index (χ1) is 8.79. The molecular weight excluding hydrogens is 292 g/mol. The fraction of sp³-hybridized carbons (Fsp3) is 0.214. The van der Waals surface area contributed by atoms with Crippen molar-refractivity contribution in [1.29, 1.82) is 0 Å². The summed E-state index contributed by atoms with van der Waals surface area (Å²) in [5.41, 5.74) is 2.10. The summed E-state index contributed by atoms with van der Waals surface area (Å²) in [4.78, 5) is 4.25. The van der Waals surface area contributed by atoms with E-state index in [1.54, 1.807) is 6.20 Å². The molecule has 0 saturated heterocycles. The molecule has 0 saturated carbocycles. The number of ether oxygens (including phenoxy) is 1. The van der Waals surface area contributed by atoms with Gasteiger partial charge in [0.2, 0.25) is 0 Å². The fourth-order valence-electron chi connectivity index (χ4n) is 1.60. The van der Waals surface area contributed by atoms with Crippen molar-refractivity contribution in [3.63, 3.8) is 0 Å². The molecule has 94 valence electrons. The smallest absolute Gasteiger partial charge is 0.123 e. The Balaban J connectivity index is 2.02. The maximum absolute atomic E-state index is 5.76. The molecule has 0 aliphatic carbocycles. The van der Waals surface area contributed by atoms with Crippen LogP contribution >= 0.6 is 15.9 Å². The van der Waals surface area contributed by atoms with Gasteiger partial charge in [0.05, 0.1) is 5.69 Å². The van der Waals surface area contributed by atoms with Gasteiger partial charge in [-0.1, -0.05) is 34.1 Å². The first kappa shape index (κ1) is 13.1. The van der Waals surface area contributed by atoms with Gasteiger partial charge < -0.3 is 10.1 Å². The predicted octanol–water partition coefficient (Wildman–Crippen LogP) is 3.14. The van der Waals surface area contributed by atoms with Gasteiger partial charge in [0.1, 0.15) is 12.4 Å². The monoisotopic (exact) mass is 306 g/mol. The number of halogens is 1. The highest BCUT2D eigenvalue weighted by Gasteiger charge is 2.01. The van der Waals surface area contributed by atoms with Gasteiger partial charge in [-0.05, 0) is 19.2 Å². The van der Waals surface area contributed by atoms with Crippen LogP contribution in [0.25, 0.3) is 0 Å². The van der Waals surface area contributed by atoms with Crippen LogP contribution in [0.2, 0.25) is 0 Å². The number of aromatic nitrogens is 1. The van der Waals surface area contributed by atoms with Gasteiger partial charge in [-0.2, -0.15) is 0 Å². The zero-order valence-electron chi connectivity index (χ0n) is 10.2. The Hall–Kier alpha value is -1.39. The highest BCUT2D eigenvalue weighted by atomic mass is 79.9. The first-order valence-corrected chi connectivity index (χ1v) is 6.54. The van der Waals surface area contributed by atoms with Gasteiger partial charge in [0, 0.05) is 28.8 Å². The predicted molar refractivity (Wildman–Crippen MR) is 75.5 cm³/mol. The van der Waals surface area contributed by atoms with Gasteiger partial charge in [-0.3, -0.25) is 4.98 Å². The van der Waals surface area contributed by atoms with Crippen molar-refractivity contribution in [2.45, 2.75) is 13.2 Å². The van der Waals surface area contributed by atoms with Gasteiger partial charge in [-0.15, -0.1) is 0 Å². The molecule has 0 atom stereocenters. The Bertz CT molecular complexity index is 517. The summed E-state index contributed by atoms with van der Waals surface area (Å²) in [7, 11) is 1.90. The average molecular weight is 307 g/mol. The minimum atomic E-state index is 0.546. The second-order valence-corrected chi connectivity index (χ2v) is 4.75. The van der Waals surface area contributed by atoms with Crippen molar-refractivity contribution in [3.05, 3.63) is 58.3 Å². The van der Waals surface area contributed by atoms with E-state index in [-0.39, 0.29) is 0 Å². The quantitative estimate of drug-likeness (QED) is 0.921. The third kappa shape index (κ3) is 3.55. The van der Waals surface area contributed by atoms with E-state index in [9.17, 15) is 0 Å². The molecule has 0 radical (unpaired) electrons. The summed E-state index contributed by atoms with van der Waals surface area (Å²) in [6.07, 6.45) is 1.77. The third-order valence-electron chi connectivity index (χ3n) is 2.50. The molecule has 3 nitrogen and oxygen atoms in total. The van der Waals surface area contributed by atoms with E-state index in [0.29, 0.717) is 6.61 Å². The average Bonchev–Trinajstić information content (AvgIpc) is 2.39. The third-order valence-corrected chi connectivity index (χ3v) is 3.27. The molecule has 0 bridgehead atoms. The topological polar surface area (TPSA) is 34.1 Å². The zero-order chi connectivity index (χ0) is 12.8. The summed E-state index contributed by atoms with van der Waals surface area (Å²) in [6, 6.07) is 11.9. The summed E-state index contributed by atoms with van der Waals surface area (Å²) in [5, 5.41) is 3.07. The molecule has 4 heteroatoms. The molecule has 1 aromatic carbocycles. The molecule has 0 aliphatic rings. The van der Waals surface area contributed by atoms with E-state index >= 15 is 0 Å². The Morgan fingerprint density at radius 3 is 2.89 bits per heavy atom. The summed E-state index contributed by atoms with van der Waals surface area (Å²) in [6.45, 7) is 1.29. The molecule has 1 N–H and O–H groups in total. The van der Waals surface area contributed by atoms with Crippen molar-refractivity contribution in [1.82, 2.24) is 10.3 Å². The van der Waals surface area contributed by atoms with E-state index in [1.165, 1.54) is 0 Å². The normalized spacial score (nSPS) is 10.3. The van der Waals surface area contributed by atoms with Crippen molar-refractivity contribution in [2.75, 3.05) is 7.05 Å². The van der Waals surface area contributed by atoms with Gasteiger partial charge in [0.25, 0.3) is 0 Å². The number of rotatable bonds is 5. The lowest BCUT2D eigenvalue weighted by Gasteiger charge is -2.08. The van der Waals surface area contributed by atoms with Crippen LogP contribution < -0.4 is 10.1 Å². The number of nitrogens with zero attached hydrogens (tertiary/aromatic N) is 1. The maximum Gasteiger partial charge on any atom is 0.123 e. The van der Waals surface area contributed by atoms with Gasteiger partial charge in [0.15, 0.2) is 0 Å². The van der Waals surface area contributed by atoms with Crippen LogP contribution in [0.4, 0.5) is 0 Å². The SMILES string of the molecule is CNCc1cc(OCc2ccccc2Br)ccn1. The van der Waals surface area contributed by atoms with Crippen LogP contribution in [-0.2, 0) is 13.2 Å². The van der Waals surface area contributed by atoms with Crippen LogP contribution in [0, 0.1) is 0 Å². The van der Waals surface area contributed by atoms with Crippen molar-refractivity contribution >= 4 is 15.9 Å². The maximum atomic E-state index is 5.76. The highest BCUT2D eigenvalue weighted by molar-refractivity contribution is 9.10. The molecule has 0 unspecified atom stereocenters. The Morgan fingerprint density at radius 1 is 1.28 bits per heavy atom. The summed E-state index contributed by atoms with van der Waals surface area (Å²) in [5.74, 6) is 0.839. The summed E-state index contributed by atoms with van der Waals surface area (Å²) < 4.78 is 6.83. The Labute approximate surface area is 115 Å². The van der Waals surface area contributed by atoms with Gasteiger partial charge >= 0.3 is 0 Å². The van der Waals surface area contributed by atoms with Crippen LogP contribution in [0.5, 0.6) is 5.75 Å². The van der Waals surface area contributed by atoms with E-state index in [0.717, 1.165) is 28.0 Å². The van der Waals surface area contributed by atoms with Crippen molar-refractivity contribution < 1.29 is 4.74 Å². The van der Waals surface area contributed by atoms with E-state index in [2.05, 4.69) is 26.2 Å². The minimum absolute atomic E-state index is 0.546. The molecular formula is C14H15BrN2O. The lowest BCUT2D eigenvalue weighted by molar-refractivity contribution is 0.304. The molecule has 0 spiro atoms. The van der Waals surface area contributed by atoms with Crippen molar-refractivity contribution in [2.24, 2.45) is 0 Å². The number of hydrogen-bond acceptors (Lipinski definition) is 3. The van der Waals surface area contributed by atoms with Crippen molar-refractivity contribution in [3.8, 4) is 5.75 Å². The second kappa shape index (κ2) is 6.52. The van der Waals surface area contributed by atoms with Crippen LogP contribution in [0.3, 0.4) is 0 Å². The number of benzene rings is 1. The molecule has 2 aromatic rings. The van der Waals surface area contributed by atoms with Crippen LogP contribution in [0.1, 0.15) is 11.3 Å². The summed E-state index contributed by atoms with van der Waals surface area (Å²) >= 11 is 3.51. The first-order valence-electron chi connectivity index (χ1n) is 5.75. The second-order valence-electron chi connectivity index (χ2n) is 3.89. The lowest BCUT2D eigenvalue weighted by Crippen LogP contribution is -2.07. The Kier molecular flexibility index (Phi) is 4.73. The highest BCUT2D eigenvalue weighted by Crippen LogP contribution is 2.19. The Morgan fingerprint density at radius 2 is 2.11 bits per heavy atom. The van der Waals surface area contributed by atoms with Gasteiger partial charge in [-0.25, -0.2) is 0 Å². The van der Waals surface area contributed by atoms with Crippen LogP contribution in [0.15, 0.2) is 47.1 Å². The van der Waals surface area contributed by atoms with E-state index in [1.807, 2.05) is 43.4 Å². The minimum Gasteiger partial charge on any atom is -0.489 e. The molecule has 0 aliphatic heterocycles. The molecule has 0 fully saturated rings. The van der Waals surface area contributed by atoms with Crippen LogP contribution in [-0.4, -0.2) is 12.0 Å².